The third kappa shape index (κ3) is 1.40. The molecule has 3 atom stereocenters. The highest BCUT2D eigenvalue weighted by molar-refractivity contribution is 5.82. The van der Waals surface area contributed by atoms with Crippen LogP contribution in [0, 0.1) is 0 Å². The zero-order valence-corrected chi connectivity index (χ0v) is 8.14. The van der Waals surface area contributed by atoms with Gasteiger partial charge in [-0.3, -0.25) is 9.80 Å². The largest absolute Gasteiger partial charge is 0.388 e. The van der Waals surface area contributed by atoms with E-state index in [9.17, 15) is 9.90 Å². The van der Waals surface area contributed by atoms with Gasteiger partial charge in [-0.2, -0.15) is 0 Å². The quantitative estimate of drug-likeness (QED) is 0.372. The fourth-order valence-corrected chi connectivity index (χ4v) is 1.82. The molecule has 0 aromatic heterocycles. The number of hydrazine groups is 1. The van der Waals surface area contributed by atoms with Crippen LogP contribution in [-0.4, -0.2) is 46.7 Å². The molecule has 2 fully saturated rings. The fourth-order valence-electron chi connectivity index (χ4n) is 1.82. The van der Waals surface area contributed by atoms with E-state index in [1.807, 2.05) is 0 Å². The van der Waals surface area contributed by atoms with Crippen molar-refractivity contribution in [2.24, 2.45) is 5.84 Å². The van der Waals surface area contributed by atoms with Gasteiger partial charge in [0.2, 0.25) is 0 Å². The van der Waals surface area contributed by atoms with E-state index in [4.69, 9.17) is 15.3 Å². The van der Waals surface area contributed by atoms with Crippen LogP contribution in [0.5, 0.6) is 0 Å². The molecule has 6 nitrogen and oxygen atoms in total. The van der Waals surface area contributed by atoms with Crippen molar-refractivity contribution < 1.29 is 19.4 Å². The number of fused-ring (bicyclic) bond motifs is 1. The summed E-state index contributed by atoms with van der Waals surface area (Å²) in [6.07, 6.45) is -2.17. The smallest absolute Gasteiger partial charge is 0.268 e. The average Bonchev–Trinajstić information content (AvgIpc) is 2.38. The number of aliphatic hydroxyl groups excluding tert-OH is 1. The summed E-state index contributed by atoms with van der Waals surface area (Å²) in [4.78, 5) is 11.5. The maximum absolute atomic E-state index is 11.5. The minimum Gasteiger partial charge on any atom is -0.388 e. The van der Waals surface area contributed by atoms with Gasteiger partial charge in [0.25, 0.3) is 5.91 Å². The maximum Gasteiger partial charge on any atom is 0.268 e. The summed E-state index contributed by atoms with van der Waals surface area (Å²) in [6.45, 7) is 3.48. The molecule has 14 heavy (non-hydrogen) atoms. The van der Waals surface area contributed by atoms with Gasteiger partial charge >= 0.3 is 0 Å². The molecule has 0 aliphatic carbocycles. The monoisotopic (exact) mass is 202 g/mol. The lowest BCUT2D eigenvalue weighted by molar-refractivity contribution is -0.159. The van der Waals surface area contributed by atoms with Crippen LogP contribution in [0.1, 0.15) is 13.8 Å². The van der Waals surface area contributed by atoms with Crippen LogP contribution in [0.25, 0.3) is 0 Å². The topological polar surface area (TPSA) is 85.0 Å². The van der Waals surface area contributed by atoms with Gasteiger partial charge in [-0.25, -0.2) is 5.84 Å². The van der Waals surface area contributed by atoms with Crippen LogP contribution in [0.4, 0.5) is 0 Å². The SMILES string of the molecule is CC1(C)O[C@H]2[C@H](O)CN(N)C(=O)[C@H]2O1. The highest BCUT2D eigenvalue weighted by Gasteiger charge is 2.52. The lowest BCUT2D eigenvalue weighted by Gasteiger charge is -2.32. The standard InChI is InChI=1S/C8H14N2O4/c1-8(2)13-5-4(11)3-10(9)7(12)6(5)14-8/h4-6,11H,3,9H2,1-2H3/t4-,5+,6+/m1/s1. The number of carbonyl (C=O) groups excluding carboxylic acids is 1. The molecule has 2 saturated heterocycles. The Morgan fingerprint density at radius 1 is 1.57 bits per heavy atom. The van der Waals surface area contributed by atoms with E-state index in [1.165, 1.54) is 0 Å². The van der Waals surface area contributed by atoms with Crippen LogP contribution in [0.2, 0.25) is 0 Å². The van der Waals surface area contributed by atoms with E-state index in [-0.39, 0.29) is 12.5 Å². The number of β-amino-alcohol motifs (C(OH)–C–C–N with tert-alkyl or cyclic N) is 1. The molecule has 0 spiro atoms. The molecule has 80 valence electrons. The molecule has 2 aliphatic heterocycles. The summed E-state index contributed by atoms with van der Waals surface area (Å²) >= 11 is 0. The highest BCUT2D eigenvalue weighted by atomic mass is 16.8. The third-order valence-corrected chi connectivity index (χ3v) is 2.42. The summed E-state index contributed by atoms with van der Waals surface area (Å²) in [5.74, 6) is 4.22. The molecule has 0 radical (unpaired) electrons. The predicted molar refractivity (Wildman–Crippen MR) is 45.7 cm³/mol. The van der Waals surface area contributed by atoms with Crippen LogP contribution >= 0.6 is 0 Å². The van der Waals surface area contributed by atoms with Crippen LogP contribution in [-0.2, 0) is 14.3 Å². The number of ether oxygens (including phenoxy) is 2. The van der Waals surface area contributed by atoms with E-state index in [2.05, 4.69) is 0 Å². The zero-order chi connectivity index (χ0) is 10.5. The second-order valence-corrected chi connectivity index (χ2v) is 4.08. The van der Waals surface area contributed by atoms with E-state index in [0.29, 0.717) is 0 Å². The Balaban J connectivity index is 2.22. The first-order valence-corrected chi connectivity index (χ1v) is 4.50. The Morgan fingerprint density at radius 2 is 2.21 bits per heavy atom. The number of hydrogen-bond donors (Lipinski definition) is 2. The number of aliphatic hydroxyl groups is 1. The lowest BCUT2D eigenvalue weighted by Crippen LogP contribution is -2.59. The molecule has 2 heterocycles. The second kappa shape index (κ2) is 2.90. The number of nitrogens with two attached hydrogens (primary N) is 1. The van der Waals surface area contributed by atoms with E-state index in [0.717, 1.165) is 5.01 Å². The van der Waals surface area contributed by atoms with E-state index in [1.54, 1.807) is 13.8 Å². The molecule has 2 rings (SSSR count). The van der Waals surface area contributed by atoms with Crippen molar-refractivity contribution in [1.29, 1.82) is 0 Å². The molecular weight excluding hydrogens is 188 g/mol. The molecular formula is C8H14N2O4. The normalized spacial score (nSPS) is 41.3. The van der Waals surface area contributed by atoms with Gasteiger partial charge in [0.1, 0.15) is 12.2 Å². The van der Waals surface area contributed by atoms with Gasteiger partial charge in [-0.05, 0) is 13.8 Å². The van der Waals surface area contributed by atoms with Gasteiger partial charge in [-0.15, -0.1) is 0 Å². The molecule has 6 heteroatoms. The molecule has 0 aromatic carbocycles. The number of amides is 1. The summed E-state index contributed by atoms with van der Waals surface area (Å²) in [5.41, 5.74) is 0. The summed E-state index contributed by atoms with van der Waals surface area (Å²) < 4.78 is 10.8. The molecule has 3 N–H and O–H groups in total. The highest BCUT2D eigenvalue weighted by Crippen LogP contribution is 2.32. The molecule has 0 aromatic rings. The summed E-state index contributed by atoms with van der Waals surface area (Å²) in [5, 5.41) is 10.6. The Kier molecular flexibility index (Phi) is 2.04. The number of nitrogens with zero attached hydrogens (tertiary/aromatic N) is 1. The number of carbonyl (C=O) groups is 1. The first kappa shape index (κ1) is 9.85. The second-order valence-electron chi connectivity index (χ2n) is 4.08. The van der Waals surface area contributed by atoms with E-state index < -0.39 is 24.1 Å². The first-order chi connectivity index (χ1) is 6.41. The summed E-state index contributed by atoms with van der Waals surface area (Å²) in [7, 11) is 0. The number of hydrogen-bond acceptors (Lipinski definition) is 5. The van der Waals surface area contributed by atoms with Crippen molar-refractivity contribution in [2.75, 3.05) is 6.54 Å². The van der Waals surface area contributed by atoms with Gasteiger partial charge < -0.3 is 14.6 Å². The predicted octanol–water partition coefficient (Wildman–Crippen LogP) is -1.42. The Hall–Kier alpha value is -0.690. The number of piperidine rings is 1. The Morgan fingerprint density at radius 3 is 2.86 bits per heavy atom. The van der Waals surface area contributed by atoms with Crippen LogP contribution in [0.3, 0.4) is 0 Å². The average molecular weight is 202 g/mol. The van der Waals surface area contributed by atoms with Crippen molar-refractivity contribution in [3.05, 3.63) is 0 Å². The number of rotatable bonds is 0. The minimum atomic E-state index is -0.836. The zero-order valence-electron chi connectivity index (χ0n) is 8.14. The van der Waals surface area contributed by atoms with Crippen LogP contribution in [0.15, 0.2) is 0 Å². The summed E-state index contributed by atoms with van der Waals surface area (Å²) in [6, 6.07) is 0. The molecule has 1 amide bonds. The van der Waals surface area contributed by atoms with Crippen molar-refractivity contribution in [1.82, 2.24) is 5.01 Å². The fraction of sp³-hybridized carbons (Fsp3) is 0.875. The molecule has 0 saturated carbocycles. The van der Waals surface area contributed by atoms with Crippen molar-refractivity contribution in [3.8, 4) is 0 Å². The lowest BCUT2D eigenvalue weighted by atomic mass is 10.0. The van der Waals surface area contributed by atoms with Gasteiger partial charge in [0, 0.05) is 0 Å². The van der Waals surface area contributed by atoms with Crippen molar-refractivity contribution in [2.45, 2.75) is 37.9 Å². The third-order valence-electron chi connectivity index (χ3n) is 2.42. The Bertz CT molecular complexity index is 268. The van der Waals surface area contributed by atoms with Crippen molar-refractivity contribution in [3.63, 3.8) is 0 Å². The minimum absolute atomic E-state index is 0.0828. The molecule has 0 unspecified atom stereocenters. The Labute approximate surface area is 81.5 Å². The van der Waals surface area contributed by atoms with Gasteiger partial charge in [0.15, 0.2) is 11.9 Å². The maximum atomic E-state index is 11.5. The van der Waals surface area contributed by atoms with E-state index >= 15 is 0 Å². The van der Waals surface area contributed by atoms with Crippen molar-refractivity contribution >= 4 is 5.91 Å². The van der Waals surface area contributed by atoms with Gasteiger partial charge in [0.05, 0.1) is 6.54 Å². The molecule has 0 bridgehead atoms. The van der Waals surface area contributed by atoms with Crippen LogP contribution < -0.4 is 5.84 Å². The molecule has 2 aliphatic rings. The first-order valence-electron chi connectivity index (χ1n) is 4.50. The van der Waals surface area contributed by atoms with Gasteiger partial charge in [-0.1, -0.05) is 0 Å².